The molecule has 1 aromatic rings. The topological polar surface area (TPSA) is 49.6 Å². The summed E-state index contributed by atoms with van der Waals surface area (Å²) in [6.45, 7) is 10.5. The van der Waals surface area contributed by atoms with Crippen LogP contribution in [-0.4, -0.2) is 25.1 Å². The van der Waals surface area contributed by atoms with E-state index in [0.29, 0.717) is 12.0 Å². The molecule has 0 amide bonds. The van der Waals surface area contributed by atoms with E-state index < -0.39 is 0 Å². The standard InChI is InChI=1S/C16H29N3O.HI/c1-5-14(4)19-16(17-10-8-13(2)3)18-11-9-15-7-6-12-20-15;/h6-7,12-14H,5,8-11H2,1-4H3,(H2,17,18,19);1H. The van der Waals surface area contributed by atoms with Gasteiger partial charge in [-0.3, -0.25) is 4.99 Å². The van der Waals surface area contributed by atoms with Crippen LogP contribution in [-0.2, 0) is 6.42 Å². The molecule has 2 N–H and O–H groups in total. The molecule has 1 heterocycles. The van der Waals surface area contributed by atoms with Gasteiger partial charge in [0.05, 0.1) is 6.26 Å². The first-order valence-electron chi connectivity index (χ1n) is 7.69. The summed E-state index contributed by atoms with van der Waals surface area (Å²) in [6, 6.07) is 4.35. The fourth-order valence-electron chi connectivity index (χ4n) is 1.68. The third-order valence-electron chi connectivity index (χ3n) is 3.22. The highest BCUT2D eigenvalue weighted by atomic mass is 127. The minimum atomic E-state index is 0. The van der Waals surface area contributed by atoms with Gasteiger partial charge in [-0.05, 0) is 37.8 Å². The fraction of sp³-hybridized carbons (Fsp3) is 0.688. The van der Waals surface area contributed by atoms with Gasteiger partial charge in [-0.25, -0.2) is 0 Å². The Kier molecular flexibility index (Phi) is 11.5. The zero-order valence-corrected chi connectivity index (χ0v) is 16.0. The molecule has 0 saturated carbocycles. The molecule has 0 aliphatic carbocycles. The number of hydrogen-bond acceptors (Lipinski definition) is 2. The van der Waals surface area contributed by atoms with Crippen LogP contribution in [0.5, 0.6) is 0 Å². The molecular weight excluding hydrogens is 377 g/mol. The van der Waals surface area contributed by atoms with E-state index in [-0.39, 0.29) is 24.0 Å². The summed E-state index contributed by atoms with van der Waals surface area (Å²) < 4.78 is 5.33. The molecule has 0 saturated heterocycles. The average Bonchev–Trinajstić information content (AvgIpc) is 2.91. The van der Waals surface area contributed by atoms with Gasteiger partial charge < -0.3 is 15.1 Å². The highest BCUT2D eigenvalue weighted by Crippen LogP contribution is 2.00. The number of nitrogens with one attached hydrogen (secondary N) is 2. The first kappa shape index (κ1) is 20.3. The van der Waals surface area contributed by atoms with Crippen LogP contribution in [0.1, 0.15) is 46.3 Å². The summed E-state index contributed by atoms with van der Waals surface area (Å²) >= 11 is 0. The van der Waals surface area contributed by atoms with Crippen LogP contribution in [0, 0.1) is 5.92 Å². The minimum absolute atomic E-state index is 0. The van der Waals surface area contributed by atoms with E-state index in [1.807, 2.05) is 12.1 Å². The smallest absolute Gasteiger partial charge is 0.191 e. The van der Waals surface area contributed by atoms with Crippen LogP contribution in [0.2, 0.25) is 0 Å². The van der Waals surface area contributed by atoms with E-state index in [9.17, 15) is 0 Å². The predicted molar refractivity (Wildman–Crippen MR) is 100 cm³/mol. The molecular formula is C16H30IN3O. The number of nitrogens with zero attached hydrogens (tertiary/aromatic N) is 1. The number of rotatable bonds is 8. The first-order chi connectivity index (χ1) is 9.61. The van der Waals surface area contributed by atoms with E-state index in [4.69, 9.17) is 4.42 Å². The predicted octanol–water partition coefficient (Wildman–Crippen LogP) is 3.82. The van der Waals surface area contributed by atoms with Crippen molar-refractivity contribution in [3.63, 3.8) is 0 Å². The van der Waals surface area contributed by atoms with Gasteiger partial charge in [0, 0.05) is 25.6 Å². The second kappa shape index (κ2) is 11.9. The molecule has 122 valence electrons. The van der Waals surface area contributed by atoms with E-state index in [1.165, 1.54) is 0 Å². The van der Waals surface area contributed by atoms with Crippen molar-refractivity contribution >= 4 is 29.9 Å². The molecule has 1 rings (SSSR count). The van der Waals surface area contributed by atoms with Crippen molar-refractivity contribution in [3.05, 3.63) is 24.2 Å². The van der Waals surface area contributed by atoms with Crippen molar-refractivity contribution < 1.29 is 4.42 Å². The quantitative estimate of drug-likeness (QED) is 0.391. The number of hydrogen-bond donors (Lipinski definition) is 2. The maximum Gasteiger partial charge on any atom is 0.191 e. The van der Waals surface area contributed by atoms with E-state index in [2.05, 4.69) is 43.3 Å². The Balaban J connectivity index is 0.00000400. The van der Waals surface area contributed by atoms with Gasteiger partial charge in [0.2, 0.25) is 0 Å². The van der Waals surface area contributed by atoms with Gasteiger partial charge in [0.25, 0.3) is 0 Å². The van der Waals surface area contributed by atoms with E-state index in [0.717, 1.165) is 44.1 Å². The van der Waals surface area contributed by atoms with Crippen molar-refractivity contribution in [1.82, 2.24) is 10.6 Å². The molecule has 5 heteroatoms. The molecule has 4 nitrogen and oxygen atoms in total. The Morgan fingerprint density at radius 1 is 1.33 bits per heavy atom. The Bertz CT molecular complexity index is 377. The minimum Gasteiger partial charge on any atom is -0.469 e. The molecule has 0 aromatic carbocycles. The summed E-state index contributed by atoms with van der Waals surface area (Å²) in [7, 11) is 0. The van der Waals surface area contributed by atoms with Gasteiger partial charge >= 0.3 is 0 Å². The van der Waals surface area contributed by atoms with Gasteiger partial charge in [0.1, 0.15) is 5.76 Å². The molecule has 21 heavy (non-hydrogen) atoms. The second-order valence-corrected chi connectivity index (χ2v) is 5.62. The zero-order valence-electron chi connectivity index (χ0n) is 13.7. The van der Waals surface area contributed by atoms with Crippen LogP contribution in [0.3, 0.4) is 0 Å². The molecule has 1 aromatic heterocycles. The van der Waals surface area contributed by atoms with Gasteiger partial charge in [-0.15, -0.1) is 24.0 Å². The van der Waals surface area contributed by atoms with Gasteiger partial charge in [-0.2, -0.15) is 0 Å². The number of furan rings is 1. The number of aliphatic imine (C=N–C) groups is 1. The molecule has 0 aliphatic rings. The average molecular weight is 407 g/mol. The Morgan fingerprint density at radius 2 is 2.10 bits per heavy atom. The maximum absolute atomic E-state index is 5.33. The van der Waals surface area contributed by atoms with Crippen LogP contribution in [0.4, 0.5) is 0 Å². The second-order valence-electron chi connectivity index (χ2n) is 5.62. The third-order valence-corrected chi connectivity index (χ3v) is 3.22. The van der Waals surface area contributed by atoms with Crippen LogP contribution >= 0.6 is 24.0 Å². The van der Waals surface area contributed by atoms with Crippen molar-refractivity contribution in [2.45, 2.75) is 53.0 Å². The largest absolute Gasteiger partial charge is 0.469 e. The molecule has 0 radical (unpaired) electrons. The summed E-state index contributed by atoms with van der Waals surface area (Å²) in [5, 5.41) is 6.80. The lowest BCUT2D eigenvalue weighted by Crippen LogP contribution is -2.42. The molecule has 0 bridgehead atoms. The molecule has 0 aliphatic heterocycles. The lowest BCUT2D eigenvalue weighted by atomic mass is 10.1. The Hall–Kier alpha value is -0.720. The van der Waals surface area contributed by atoms with Crippen molar-refractivity contribution in [2.24, 2.45) is 10.9 Å². The van der Waals surface area contributed by atoms with E-state index in [1.54, 1.807) is 6.26 Å². The van der Waals surface area contributed by atoms with Crippen LogP contribution in [0.15, 0.2) is 27.8 Å². The number of halogens is 1. The normalized spacial score (nSPS) is 12.9. The number of guanidine groups is 1. The Morgan fingerprint density at radius 3 is 2.67 bits per heavy atom. The summed E-state index contributed by atoms with van der Waals surface area (Å²) in [5.74, 6) is 2.60. The highest BCUT2D eigenvalue weighted by Gasteiger charge is 2.04. The lowest BCUT2D eigenvalue weighted by Gasteiger charge is -2.17. The molecule has 1 atom stereocenters. The Labute approximate surface area is 146 Å². The summed E-state index contributed by atoms with van der Waals surface area (Å²) in [5.41, 5.74) is 0. The van der Waals surface area contributed by atoms with Crippen molar-refractivity contribution in [2.75, 3.05) is 13.1 Å². The SMILES string of the molecule is CCC(C)NC(=NCCC(C)C)NCCc1ccco1.I. The van der Waals surface area contributed by atoms with Crippen molar-refractivity contribution in [3.8, 4) is 0 Å². The van der Waals surface area contributed by atoms with E-state index >= 15 is 0 Å². The van der Waals surface area contributed by atoms with Crippen LogP contribution < -0.4 is 10.6 Å². The lowest BCUT2D eigenvalue weighted by molar-refractivity contribution is 0.506. The first-order valence-corrected chi connectivity index (χ1v) is 7.69. The monoisotopic (exact) mass is 407 g/mol. The van der Waals surface area contributed by atoms with Crippen LogP contribution in [0.25, 0.3) is 0 Å². The highest BCUT2D eigenvalue weighted by molar-refractivity contribution is 14.0. The summed E-state index contributed by atoms with van der Waals surface area (Å²) in [4.78, 5) is 4.63. The maximum atomic E-state index is 5.33. The fourth-order valence-corrected chi connectivity index (χ4v) is 1.68. The molecule has 0 spiro atoms. The molecule has 0 fully saturated rings. The van der Waals surface area contributed by atoms with Gasteiger partial charge in [-0.1, -0.05) is 20.8 Å². The molecule has 1 unspecified atom stereocenters. The zero-order chi connectivity index (χ0) is 14.8. The van der Waals surface area contributed by atoms with Crippen molar-refractivity contribution in [1.29, 1.82) is 0 Å². The van der Waals surface area contributed by atoms with Gasteiger partial charge in [0.15, 0.2) is 5.96 Å². The summed E-state index contributed by atoms with van der Waals surface area (Å²) in [6.07, 6.45) is 4.79. The third kappa shape index (κ3) is 9.77.